The van der Waals surface area contributed by atoms with Crippen LogP contribution in [-0.2, 0) is 4.79 Å². The third-order valence-corrected chi connectivity index (χ3v) is 3.63. The van der Waals surface area contributed by atoms with Crippen LogP contribution < -0.4 is 11.3 Å². The highest BCUT2D eigenvalue weighted by atomic mass is 16.2. The number of imidazole rings is 1. The maximum atomic E-state index is 12.2. The number of rotatable bonds is 1. The van der Waals surface area contributed by atoms with Crippen molar-refractivity contribution in [3.8, 4) is 0 Å². The quantitative estimate of drug-likeness (QED) is 0.625. The van der Waals surface area contributed by atoms with Gasteiger partial charge in [-0.15, -0.1) is 0 Å². The van der Waals surface area contributed by atoms with Gasteiger partial charge in [0.15, 0.2) is 11.2 Å². The molecule has 23 heavy (non-hydrogen) atoms. The lowest BCUT2D eigenvalue weighted by Gasteiger charge is -2.16. The summed E-state index contributed by atoms with van der Waals surface area (Å²) in [6, 6.07) is 6.70. The number of H-pyrrole nitrogens is 1. The molecule has 2 aromatic heterocycles. The number of fused-ring (bicyclic) bond motifs is 2. The maximum Gasteiger partial charge on any atom is 0.278 e. The third kappa shape index (κ3) is 1.81. The molecule has 8 nitrogen and oxygen atoms in total. The Hall–Kier alpha value is -3.55. The van der Waals surface area contributed by atoms with E-state index in [4.69, 9.17) is 5.73 Å². The molecule has 1 aliphatic rings. The fourth-order valence-electron chi connectivity index (χ4n) is 2.64. The Bertz CT molecular complexity index is 1090. The van der Waals surface area contributed by atoms with Gasteiger partial charge in [-0.1, -0.05) is 24.3 Å². The Morgan fingerprint density at radius 1 is 1.09 bits per heavy atom. The summed E-state index contributed by atoms with van der Waals surface area (Å²) < 4.78 is 1.43. The number of hydrogen-bond donors (Lipinski definition) is 2. The monoisotopic (exact) mass is 307 g/mol. The summed E-state index contributed by atoms with van der Waals surface area (Å²) in [5.74, 6) is -1.28. The van der Waals surface area contributed by atoms with Crippen LogP contribution in [0.25, 0.3) is 16.9 Å². The average Bonchev–Trinajstić information content (AvgIpc) is 2.95. The van der Waals surface area contributed by atoms with Crippen molar-refractivity contribution in [1.82, 2.24) is 19.5 Å². The number of benzene rings is 1. The van der Waals surface area contributed by atoms with Crippen LogP contribution in [0, 0.1) is 0 Å². The minimum Gasteiger partial charge on any atom is -0.369 e. The van der Waals surface area contributed by atoms with Crippen molar-refractivity contribution in [2.24, 2.45) is 0 Å². The minimum atomic E-state index is -0.652. The van der Waals surface area contributed by atoms with E-state index in [1.54, 1.807) is 24.3 Å². The van der Waals surface area contributed by atoms with Crippen LogP contribution in [0.1, 0.15) is 15.9 Å². The van der Waals surface area contributed by atoms with Crippen molar-refractivity contribution in [3.63, 3.8) is 0 Å². The summed E-state index contributed by atoms with van der Waals surface area (Å²) in [5.41, 5.74) is 6.57. The van der Waals surface area contributed by atoms with Crippen molar-refractivity contribution in [3.05, 3.63) is 58.1 Å². The molecule has 8 heteroatoms. The predicted molar refractivity (Wildman–Crippen MR) is 81.7 cm³/mol. The van der Waals surface area contributed by atoms with Gasteiger partial charge < -0.3 is 5.73 Å². The molecule has 0 bridgehead atoms. The second-order valence-corrected chi connectivity index (χ2v) is 5.01. The highest BCUT2D eigenvalue weighted by Gasteiger charge is 2.27. The number of carbonyl (C=O) groups excluding carboxylic acids is 2. The van der Waals surface area contributed by atoms with Crippen LogP contribution in [0.2, 0.25) is 0 Å². The Morgan fingerprint density at radius 3 is 2.61 bits per heavy atom. The number of ketones is 2. The third-order valence-electron chi connectivity index (χ3n) is 3.63. The smallest absolute Gasteiger partial charge is 0.278 e. The van der Waals surface area contributed by atoms with Gasteiger partial charge in [0.05, 0.1) is 5.70 Å². The number of Topliss-reactive ketones (excluding diaryl/α,β-unsaturated/α-hetero) is 1. The fourth-order valence-corrected chi connectivity index (χ4v) is 2.64. The van der Waals surface area contributed by atoms with E-state index in [9.17, 15) is 14.4 Å². The lowest BCUT2D eigenvalue weighted by molar-refractivity contribution is -0.111. The zero-order chi connectivity index (χ0) is 16.1. The van der Waals surface area contributed by atoms with E-state index in [2.05, 4.69) is 15.0 Å². The van der Waals surface area contributed by atoms with Crippen LogP contribution in [0.5, 0.6) is 0 Å². The lowest BCUT2D eigenvalue weighted by atomic mass is 9.92. The van der Waals surface area contributed by atoms with E-state index in [1.807, 2.05) is 0 Å². The second-order valence-electron chi connectivity index (χ2n) is 5.01. The largest absolute Gasteiger partial charge is 0.369 e. The van der Waals surface area contributed by atoms with Gasteiger partial charge in [-0.3, -0.25) is 23.9 Å². The summed E-state index contributed by atoms with van der Waals surface area (Å²) in [5, 5.41) is 0. The molecule has 0 radical (unpaired) electrons. The molecule has 1 aliphatic carbocycles. The van der Waals surface area contributed by atoms with Gasteiger partial charge in [0.1, 0.15) is 6.33 Å². The number of nitrogens with one attached hydrogen (secondary N) is 1. The molecular weight excluding hydrogens is 298 g/mol. The Kier molecular flexibility index (Phi) is 2.55. The van der Waals surface area contributed by atoms with Crippen molar-refractivity contribution < 1.29 is 9.59 Å². The van der Waals surface area contributed by atoms with E-state index in [-0.39, 0.29) is 22.7 Å². The number of carbonyl (C=O) groups is 2. The van der Waals surface area contributed by atoms with Crippen molar-refractivity contribution in [1.29, 1.82) is 0 Å². The van der Waals surface area contributed by atoms with Crippen LogP contribution >= 0.6 is 0 Å². The van der Waals surface area contributed by atoms with Crippen LogP contribution in [-0.4, -0.2) is 31.1 Å². The highest BCUT2D eigenvalue weighted by molar-refractivity contribution is 6.50. The molecule has 1 aromatic carbocycles. The minimum absolute atomic E-state index is 0.0444. The summed E-state index contributed by atoms with van der Waals surface area (Å²) >= 11 is 0. The number of aromatic nitrogens is 4. The van der Waals surface area contributed by atoms with Crippen LogP contribution in [0.15, 0.2) is 41.5 Å². The molecule has 0 atom stereocenters. The number of allylic oxidation sites excluding steroid dienone is 1. The van der Waals surface area contributed by atoms with Crippen molar-refractivity contribution in [2.45, 2.75) is 0 Å². The molecule has 0 unspecified atom stereocenters. The molecule has 2 heterocycles. The standard InChI is InChI=1S/C15H9N5O3/c16-15-18-13-11(14(23)19-15)20(6-17-13)9-5-10(21)12(22)8-4-2-1-3-7(8)9/h1-6H,(H3,16,18,19,23). The van der Waals surface area contributed by atoms with Gasteiger partial charge >= 0.3 is 0 Å². The molecule has 0 saturated heterocycles. The molecule has 3 N–H and O–H groups in total. The van der Waals surface area contributed by atoms with Crippen LogP contribution in [0.4, 0.5) is 5.95 Å². The molecule has 112 valence electrons. The lowest BCUT2D eigenvalue weighted by Crippen LogP contribution is -2.22. The number of nitrogen functional groups attached to an aromatic ring is 1. The SMILES string of the molecule is Nc1nc2ncn(C3=CC(=O)C(=O)c4ccccc43)c2c(=O)[nH]1. The summed E-state index contributed by atoms with van der Waals surface area (Å²) in [7, 11) is 0. The molecule has 0 saturated carbocycles. The molecule has 0 fully saturated rings. The first-order valence-electron chi connectivity index (χ1n) is 6.69. The van der Waals surface area contributed by atoms with Crippen molar-refractivity contribution in [2.75, 3.05) is 5.73 Å². The van der Waals surface area contributed by atoms with Gasteiger partial charge in [-0.25, -0.2) is 4.98 Å². The van der Waals surface area contributed by atoms with E-state index in [0.29, 0.717) is 11.3 Å². The highest BCUT2D eigenvalue weighted by Crippen LogP contribution is 2.27. The van der Waals surface area contributed by atoms with Gasteiger partial charge in [-0.05, 0) is 0 Å². The molecule has 0 aliphatic heterocycles. The molecule has 0 amide bonds. The molecule has 4 rings (SSSR count). The van der Waals surface area contributed by atoms with E-state index in [1.165, 1.54) is 17.0 Å². The number of anilines is 1. The Balaban J connectivity index is 2.06. The van der Waals surface area contributed by atoms with Gasteiger partial charge in [-0.2, -0.15) is 4.98 Å². The summed E-state index contributed by atoms with van der Waals surface area (Å²) in [4.78, 5) is 46.5. The topological polar surface area (TPSA) is 124 Å². The van der Waals surface area contributed by atoms with E-state index in [0.717, 1.165) is 0 Å². The fraction of sp³-hybridized carbons (Fsp3) is 0. The molecular formula is C15H9N5O3. The van der Waals surface area contributed by atoms with E-state index < -0.39 is 17.1 Å². The van der Waals surface area contributed by atoms with Gasteiger partial charge in [0.25, 0.3) is 5.56 Å². The summed E-state index contributed by atoms with van der Waals surface area (Å²) in [6.07, 6.45) is 2.57. The predicted octanol–water partition coefficient (Wildman–Crippen LogP) is 0.356. The number of nitrogens with two attached hydrogens (primary N) is 1. The first-order chi connectivity index (χ1) is 11.1. The Morgan fingerprint density at radius 2 is 1.83 bits per heavy atom. The number of aromatic amines is 1. The van der Waals surface area contributed by atoms with E-state index >= 15 is 0 Å². The maximum absolute atomic E-state index is 12.2. The first-order valence-corrected chi connectivity index (χ1v) is 6.69. The zero-order valence-corrected chi connectivity index (χ0v) is 11.6. The summed E-state index contributed by atoms with van der Waals surface area (Å²) in [6.45, 7) is 0. The normalized spacial score (nSPS) is 14.0. The number of nitrogens with zero attached hydrogens (tertiary/aromatic N) is 3. The van der Waals surface area contributed by atoms with Gasteiger partial charge in [0, 0.05) is 17.2 Å². The molecule has 0 spiro atoms. The second kappa shape index (κ2) is 4.47. The number of hydrogen-bond acceptors (Lipinski definition) is 6. The average molecular weight is 307 g/mol. The zero-order valence-electron chi connectivity index (χ0n) is 11.6. The van der Waals surface area contributed by atoms with Crippen molar-refractivity contribution >= 4 is 34.4 Å². The van der Waals surface area contributed by atoms with Gasteiger partial charge in [0.2, 0.25) is 17.5 Å². The first kappa shape index (κ1) is 13.1. The Labute approximate surface area is 128 Å². The van der Waals surface area contributed by atoms with Crippen LogP contribution in [0.3, 0.4) is 0 Å². The molecule has 3 aromatic rings.